The quantitative estimate of drug-likeness (QED) is 0.540. The van der Waals surface area contributed by atoms with Crippen LogP contribution in [0.15, 0.2) is 30.7 Å². The number of nitrogens with two attached hydrogens (primary N) is 1. The van der Waals surface area contributed by atoms with E-state index in [9.17, 15) is 4.79 Å². The standard InChI is InChI=1S/C18H23N7O/c1-4-20-18(26)13-8-12-16(24-13)22-9-23-17(12)25-15(10(2)3)11-5-6-21-14(19)7-11/h5-10,15H,4H2,1-3H3,(H2,19,21)(H,20,26)(H2,22,23,24,25)/t15-/m0/s1. The van der Waals surface area contributed by atoms with E-state index in [0.29, 0.717) is 29.5 Å². The minimum Gasteiger partial charge on any atom is -0.384 e. The number of hydrogen-bond acceptors (Lipinski definition) is 6. The van der Waals surface area contributed by atoms with Gasteiger partial charge in [-0.3, -0.25) is 4.79 Å². The maximum absolute atomic E-state index is 12.1. The van der Waals surface area contributed by atoms with Gasteiger partial charge in [0.25, 0.3) is 5.91 Å². The highest BCUT2D eigenvalue weighted by molar-refractivity contribution is 5.99. The third-order valence-electron chi connectivity index (χ3n) is 4.13. The van der Waals surface area contributed by atoms with Crippen LogP contribution in [0.5, 0.6) is 0 Å². The van der Waals surface area contributed by atoms with Gasteiger partial charge in [-0.2, -0.15) is 0 Å². The van der Waals surface area contributed by atoms with Gasteiger partial charge in [0, 0.05) is 12.7 Å². The molecule has 0 saturated carbocycles. The van der Waals surface area contributed by atoms with E-state index in [2.05, 4.69) is 44.4 Å². The normalized spacial score (nSPS) is 12.3. The van der Waals surface area contributed by atoms with Crippen LogP contribution in [0, 0.1) is 5.92 Å². The number of carbonyl (C=O) groups excluding carboxylic acids is 1. The summed E-state index contributed by atoms with van der Waals surface area (Å²) in [5.74, 6) is 1.25. The molecule has 0 bridgehead atoms. The molecule has 0 aliphatic heterocycles. The second-order valence-corrected chi connectivity index (χ2v) is 6.41. The molecule has 8 nitrogen and oxygen atoms in total. The van der Waals surface area contributed by atoms with Crippen molar-refractivity contribution < 1.29 is 4.79 Å². The van der Waals surface area contributed by atoms with Gasteiger partial charge < -0.3 is 21.4 Å². The van der Waals surface area contributed by atoms with E-state index in [1.807, 2.05) is 19.1 Å². The first kappa shape index (κ1) is 17.7. The lowest BCUT2D eigenvalue weighted by atomic mass is 9.96. The summed E-state index contributed by atoms with van der Waals surface area (Å²) in [5.41, 5.74) is 7.93. The molecule has 0 saturated heterocycles. The van der Waals surface area contributed by atoms with Gasteiger partial charge in [-0.1, -0.05) is 13.8 Å². The Morgan fingerprint density at radius 2 is 2.08 bits per heavy atom. The number of fused-ring (bicyclic) bond motifs is 1. The van der Waals surface area contributed by atoms with Gasteiger partial charge in [0.05, 0.1) is 11.4 Å². The summed E-state index contributed by atoms with van der Waals surface area (Å²) >= 11 is 0. The molecule has 0 spiro atoms. The molecule has 1 amide bonds. The minimum absolute atomic E-state index is 0.0128. The average molecular weight is 353 g/mol. The lowest BCUT2D eigenvalue weighted by Gasteiger charge is -2.23. The van der Waals surface area contributed by atoms with E-state index < -0.39 is 0 Å². The molecular weight excluding hydrogens is 330 g/mol. The van der Waals surface area contributed by atoms with Crippen molar-refractivity contribution in [2.24, 2.45) is 5.92 Å². The van der Waals surface area contributed by atoms with Crippen molar-refractivity contribution in [1.29, 1.82) is 0 Å². The summed E-state index contributed by atoms with van der Waals surface area (Å²) in [6.45, 7) is 6.67. The van der Waals surface area contributed by atoms with Gasteiger partial charge >= 0.3 is 0 Å². The molecule has 0 fully saturated rings. The third-order valence-corrected chi connectivity index (χ3v) is 4.13. The fraction of sp³-hybridized carbons (Fsp3) is 0.333. The summed E-state index contributed by atoms with van der Waals surface area (Å²) in [7, 11) is 0. The molecule has 26 heavy (non-hydrogen) atoms. The summed E-state index contributed by atoms with van der Waals surface area (Å²) < 4.78 is 0. The maximum Gasteiger partial charge on any atom is 0.267 e. The highest BCUT2D eigenvalue weighted by Gasteiger charge is 2.19. The maximum atomic E-state index is 12.1. The van der Waals surface area contributed by atoms with Gasteiger partial charge in [0.15, 0.2) is 0 Å². The number of rotatable bonds is 6. The molecule has 3 aromatic heterocycles. The zero-order valence-electron chi connectivity index (χ0n) is 15.1. The van der Waals surface area contributed by atoms with E-state index in [1.165, 1.54) is 6.33 Å². The molecule has 0 unspecified atom stereocenters. The molecule has 3 aromatic rings. The van der Waals surface area contributed by atoms with Crippen LogP contribution >= 0.6 is 0 Å². The van der Waals surface area contributed by atoms with Crippen LogP contribution in [-0.2, 0) is 0 Å². The second kappa shape index (κ2) is 7.38. The molecule has 0 radical (unpaired) electrons. The largest absolute Gasteiger partial charge is 0.384 e. The van der Waals surface area contributed by atoms with E-state index in [0.717, 1.165) is 10.9 Å². The number of nitrogens with one attached hydrogen (secondary N) is 3. The van der Waals surface area contributed by atoms with Gasteiger partial charge in [0.2, 0.25) is 0 Å². The third kappa shape index (κ3) is 3.58. The minimum atomic E-state index is -0.168. The Labute approximate surface area is 151 Å². The number of nitrogens with zero attached hydrogens (tertiary/aromatic N) is 3. The summed E-state index contributed by atoms with van der Waals surface area (Å²) in [6.07, 6.45) is 3.17. The Bertz CT molecular complexity index is 919. The lowest BCUT2D eigenvalue weighted by Crippen LogP contribution is -2.22. The fourth-order valence-electron chi connectivity index (χ4n) is 2.87. The summed E-state index contributed by atoms with van der Waals surface area (Å²) in [4.78, 5) is 27.8. The van der Waals surface area contributed by atoms with Crippen LogP contribution in [0.3, 0.4) is 0 Å². The molecule has 5 N–H and O–H groups in total. The van der Waals surface area contributed by atoms with Crippen molar-refractivity contribution in [3.8, 4) is 0 Å². The Morgan fingerprint density at radius 1 is 1.27 bits per heavy atom. The van der Waals surface area contributed by atoms with Crippen molar-refractivity contribution >= 4 is 28.6 Å². The summed E-state index contributed by atoms with van der Waals surface area (Å²) in [5, 5.41) is 7.00. The molecule has 1 atom stereocenters. The van der Waals surface area contributed by atoms with Crippen LogP contribution in [-0.4, -0.2) is 32.4 Å². The van der Waals surface area contributed by atoms with Crippen LogP contribution in [0.2, 0.25) is 0 Å². The predicted octanol–water partition coefficient (Wildman–Crippen LogP) is 2.49. The van der Waals surface area contributed by atoms with E-state index in [-0.39, 0.29) is 17.9 Å². The molecule has 0 aliphatic rings. The molecule has 3 rings (SSSR count). The number of pyridine rings is 1. The van der Waals surface area contributed by atoms with Crippen molar-refractivity contribution in [3.63, 3.8) is 0 Å². The molecule has 3 heterocycles. The predicted molar refractivity (Wildman–Crippen MR) is 102 cm³/mol. The molecule has 136 valence electrons. The monoisotopic (exact) mass is 353 g/mol. The van der Waals surface area contributed by atoms with Gasteiger partial charge in [-0.25, -0.2) is 15.0 Å². The zero-order valence-corrected chi connectivity index (χ0v) is 15.1. The molecule has 8 heteroatoms. The van der Waals surface area contributed by atoms with Crippen LogP contribution in [0.25, 0.3) is 11.0 Å². The highest BCUT2D eigenvalue weighted by atomic mass is 16.1. The van der Waals surface area contributed by atoms with Gasteiger partial charge in [-0.15, -0.1) is 0 Å². The Hall–Kier alpha value is -3.16. The highest BCUT2D eigenvalue weighted by Crippen LogP contribution is 2.29. The number of aromatic amines is 1. The van der Waals surface area contributed by atoms with Gasteiger partial charge in [-0.05, 0) is 36.6 Å². The van der Waals surface area contributed by atoms with Crippen molar-refractivity contribution in [1.82, 2.24) is 25.3 Å². The number of anilines is 2. The van der Waals surface area contributed by atoms with Crippen LogP contribution in [0.4, 0.5) is 11.6 Å². The topological polar surface area (TPSA) is 122 Å². The van der Waals surface area contributed by atoms with Crippen LogP contribution < -0.4 is 16.4 Å². The van der Waals surface area contributed by atoms with Crippen molar-refractivity contribution in [2.45, 2.75) is 26.8 Å². The van der Waals surface area contributed by atoms with Crippen LogP contribution in [0.1, 0.15) is 42.9 Å². The second-order valence-electron chi connectivity index (χ2n) is 6.41. The van der Waals surface area contributed by atoms with Gasteiger partial charge in [0.1, 0.15) is 29.3 Å². The van der Waals surface area contributed by atoms with Crippen molar-refractivity contribution in [2.75, 3.05) is 17.6 Å². The number of H-pyrrole nitrogens is 1. The average Bonchev–Trinajstić information content (AvgIpc) is 3.04. The first-order valence-corrected chi connectivity index (χ1v) is 8.59. The first-order valence-electron chi connectivity index (χ1n) is 8.59. The number of aromatic nitrogens is 4. The Balaban J connectivity index is 1.97. The number of amides is 1. The Kier molecular flexibility index (Phi) is 5.01. The zero-order chi connectivity index (χ0) is 18.7. The number of carbonyl (C=O) groups is 1. The fourth-order valence-corrected chi connectivity index (χ4v) is 2.87. The van der Waals surface area contributed by atoms with E-state index in [1.54, 1.807) is 12.3 Å². The van der Waals surface area contributed by atoms with E-state index in [4.69, 9.17) is 5.73 Å². The van der Waals surface area contributed by atoms with Crippen molar-refractivity contribution in [3.05, 3.63) is 42.0 Å². The van der Waals surface area contributed by atoms with E-state index >= 15 is 0 Å². The smallest absolute Gasteiger partial charge is 0.267 e. The SMILES string of the molecule is CCNC(=O)c1cc2c(N[C@H](c3ccnc(N)c3)C(C)C)ncnc2[nH]1. The lowest BCUT2D eigenvalue weighted by molar-refractivity contribution is 0.0951. The molecule has 0 aromatic carbocycles. The summed E-state index contributed by atoms with van der Waals surface area (Å²) in [6, 6.07) is 5.54. The number of hydrogen-bond donors (Lipinski definition) is 4. The Morgan fingerprint density at radius 3 is 2.77 bits per heavy atom. The number of nitrogen functional groups attached to an aromatic ring is 1. The first-order chi connectivity index (χ1) is 12.5. The molecule has 0 aliphatic carbocycles. The molecular formula is C18H23N7O.